The van der Waals surface area contributed by atoms with Crippen molar-refractivity contribution in [3.63, 3.8) is 0 Å². The van der Waals surface area contributed by atoms with Gasteiger partial charge >= 0.3 is 0 Å². The number of rotatable bonds is 5. The molecule has 0 aromatic rings. The number of nitrogens with zero attached hydrogens (tertiary/aromatic N) is 1. The Morgan fingerprint density at radius 1 is 1.26 bits per heavy atom. The lowest BCUT2D eigenvalue weighted by molar-refractivity contribution is 0.0907. The summed E-state index contributed by atoms with van der Waals surface area (Å²) >= 11 is 0. The Hall–Kier alpha value is -0.170. The predicted octanol–water partition coefficient (Wildman–Crippen LogP) is 0.800. The summed E-state index contributed by atoms with van der Waals surface area (Å²) in [4.78, 5) is 0. The molecule has 0 aromatic carbocycles. The molecule has 1 heterocycles. The van der Waals surface area contributed by atoms with Crippen molar-refractivity contribution in [2.75, 3.05) is 25.4 Å². The lowest BCUT2D eigenvalue weighted by Crippen LogP contribution is -2.33. The van der Waals surface area contributed by atoms with Crippen LogP contribution in [0, 0.1) is 11.8 Å². The van der Waals surface area contributed by atoms with Crippen molar-refractivity contribution in [1.29, 1.82) is 0 Å². The van der Waals surface area contributed by atoms with Gasteiger partial charge in [0.25, 0.3) is 0 Å². The normalized spacial score (nSPS) is 32.7. The molecule has 0 spiro atoms. The molecule has 1 unspecified atom stereocenters. The van der Waals surface area contributed by atoms with Crippen LogP contribution in [0.3, 0.4) is 0 Å². The van der Waals surface area contributed by atoms with E-state index in [2.05, 4.69) is 0 Å². The third kappa shape index (κ3) is 3.90. The Morgan fingerprint density at radius 2 is 1.95 bits per heavy atom. The van der Waals surface area contributed by atoms with Gasteiger partial charge in [0.2, 0.25) is 10.0 Å². The van der Waals surface area contributed by atoms with Gasteiger partial charge in [0.15, 0.2) is 0 Å². The van der Waals surface area contributed by atoms with Crippen molar-refractivity contribution < 1.29 is 13.2 Å². The second-order valence-corrected chi connectivity index (χ2v) is 8.23. The van der Waals surface area contributed by atoms with Crippen molar-refractivity contribution in [3.8, 4) is 0 Å². The number of hydrogen-bond acceptors (Lipinski definition) is 4. The van der Waals surface area contributed by atoms with Gasteiger partial charge in [0, 0.05) is 19.1 Å². The summed E-state index contributed by atoms with van der Waals surface area (Å²) in [6.07, 6.45) is 3.15. The van der Waals surface area contributed by atoms with E-state index in [-0.39, 0.29) is 24.5 Å². The van der Waals surface area contributed by atoms with E-state index >= 15 is 0 Å². The monoisotopic (exact) mass is 290 g/mol. The number of fused-ring (bicyclic) bond motifs is 1. The van der Waals surface area contributed by atoms with Crippen LogP contribution in [-0.4, -0.2) is 50.3 Å². The average Bonchev–Trinajstić information content (AvgIpc) is 2.71. The van der Waals surface area contributed by atoms with Gasteiger partial charge < -0.3 is 10.5 Å². The molecule has 112 valence electrons. The van der Waals surface area contributed by atoms with Crippen molar-refractivity contribution in [2.45, 2.75) is 45.3 Å². The highest BCUT2D eigenvalue weighted by atomic mass is 32.2. The van der Waals surface area contributed by atoms with E-state index in [0.717, 1.165) is 19.3 Å². The van der Waals surface area contributed by atoms with Crippen LogP contribution in [0.5, 0.6) is 0 Å². The SMILES string of the molecule is CC(C)OCCS(=O)(=O)N1C[C@H]2CCC(N)C[C@H]2C1. The fraction of sp³-hybridized carbons (Fsp3) is 1.00. The third-order valence-corrected chi connectivity index (χ3v) is 6.01. The van der Waals surface area contributed by atoms with Crippen LogP contribution < -0.4 is 5.73 Å². The maximum atomic E-state index is 12.3. The van der Waals surface area contributed by atoms with Crippen molar-refractivity contribution >= 4 is 10.0 Å². The highest BCUT2D eigenvalue weighted by Crippen LogP contribution is 2.36. The van der Waals surface area contributed by atoms with Crippen LogP contribution >= 0.6 is 0 Å². The summed E-state index contributed by atoms with van der Waals surface area (Å²) in [7, 11) is -3.16. The highest BCUT2D eigenvalue weighted by Gasteiger charge is 2.40. The quantitative estimate of drug-likeness (QED) is 0.813. The van der Waals surface area contributed by atoms with Crippen LogP contribution in [0.15, 0.2) is 0 Å². The first-order valence-electron chi connectivity index (χ1n) is 7.23. The molecular weight excluding hydrogens is 264 g/mol. The van der Waals surface area contributed by atoms with E-state index in [4.69, 9.17) is 10.5 Å². The summed E-state index contributed by atoms with van der Waals surface area (Å²) in [5, 5.41) is 0. The van der Waals surface area contributed by atoms with E-state index in [1.165, 1.54) is 0 Å². The minimum atomic E-state index is -3.16. The first-order valence-corrected chi connectivity index (χ1v) is 8.84. The molecule has 2 N–H and O–H groups in total. The van der Waals surface area contributed by atoms with E-state index in [1.54, 1.807) is 4.31 Å². The molecule has 2 rings (SSSR count). The summed E-state index contributed by atoms with van der Waals surface area (Å²) in [6, 6.07) is 0.258. The molecule has 2 fully saturated rings. The molecule has 1 aliphatic heterocycles. The number of ether oxygens (including phenoxy) is 1. The summed E-state index contributed by atoms with van der Waals surface area (Å²) in [5.41, 5.74) is 5.97. The Bertz CT molecular complexity index is 397. The van der Waals surface area contributed by atoms with Crippen molar-refractivity contribution in [3.05, 3.63) is 0 Å². The molecule has 6 heteroatoms. The fourth-order valence-electron chi connectivity index (χ4n) is 3.17. The number of sulfonamides is 1. The average molecular weight is 290 g/mol. The predicted molar refractivity (Wildman–Crippen MR) is 75.3 cm³/mol. The number of hydrogen-bond donors (Lipinski definition) is 1. The van der Waals surface area contributed by atoms with Crippen molar-refractivity contribution in [2.24, 2.45) is 17.6 Å². The van der Waals surface area contributed by atoms with E-state index in [9.17, 15) is 8.42 Å². The van der Waals surface area contributed by atoms with Gasteiger partial charge in [-0.25, -0.2) is 12.7 Å². The Kier molecular flexibility index (Phi) is 4.87. The molecule has 19 heavy (non-hydrogen) atoms. The lowest BCUT2D eigenvalue weighted by Gasteiger charge is -2.28. The van der Waals surface area contributed by atoms with Gasteiger partial charge in [-0.15, -0.1) is 0 Å². The minimum Gasteiger partial charge on any atom is -0.378 e. The molecule has 0 aromatic heterocycles. The van der Waals surface area contributed by atoms with Gasteiger partial charge in [-0.3, -0.25) is 0 Å². The zero-order chi connectivity index (χ0) is 14.0. The van der Waals surface area contributed by atoms with E-state index in [1.807, 2.05) is 13.8 Å². The van der Waals surface area contributed by atoms with Crippen LogP contribution in [0.25, 0.3) is 0 Å². The molecule has 1 aliphatic carbocycles. The van der Waals surface area contributed by atoms with Gasteiger partial charge in [-0.05, 0) is 44.9 Å². The summed E-state index contributed by atoms with van der Waals surface area (Å²) in [5.74, 6) is 1.07. The molecule has 3 atom stereocenters. The van der Waals surface area contributed by atoms with E-state index < -0.39 is 10.0 Å². The fourth-order valence-corrected chi connectivity index (χ4v) is 4.57. The van der Waals surface area contributed by atoms with Gasteiger partial charge in [-0.1, -0.05) is 0 Å². The first kappa shape index (κ1) is 15.2. The Labute approximate surface area is 116 Å². The largest absolute Gasteiger partial charge is 0.378 e. The zero-order valence-electron chi connectivity index (χ0n) is 11.9. The standard InChI is InChI=1S/C13H26N2O3S/c1-10(2)18-5-6-19(16,17)15-8-11-3-4-13(14)7-12(11)9-15/h10-13H,3-9,14H2,1-2H3/t11-,12+,13?/m1/s1. The molecule has 0 radical (unpaired) electrons. The van der Waals surface area contributed by atoms with Crippen LogP contribution in [-0.2, 0) is 14.8 Å². The third-order valence-electron chi connectivity index (χ3n) is 4.24. The summed E-state index contributed by atoms with van der Waals surface area (Å²) in [6.45, 7) is 5.45. The zero-order valence-corrected chi connectivity index (χ0v) is 12.7. The Morgan fingerprint density at radius 3 is 2.63 bits per heavy atom. The maximum absolute atomic E-state index is 12.3. The molecule has 5 nitrogen and oxygen atoms in total. The lowest BCUT2D eigenvalue weighted by atomic mass is 9.79. The topological polar surface area (TPSA) is 72.6 Å². The first-order chi connectivity index (χ1) is 8.88. The van der Waals surface area contributed by atoms with Gasteiger partial charge in [0.05, 0.1) is 18.5 Å². The molecule has 1 saturated heterocycles. The van der Waals surface area contributed by atoms with Gasteiger partial charge in [-0.2, -0.15) is 0 Å². The smallest absolute Gasteiger partial charge is 0.216 e. The summed E-state index contributed by atoms with van der Waals surface area (Å²) < 4.78 is 31.5. The maximum Gasteiger partial charge on any atom is 0.216 e. The molecule has 0 amide bonds. The highest BCUT2D eigenvalue weighted by molar-refractivity contribution is 7.89. The Balaban J connectivity index is 1.88. The van der Waals surface area contributed by atoms with Gasteiger partial charge in [0.1, 0.15) is 0 Å². The molecular formula is C13H26N2O3S. The minimum absolute atomic E-state index is 0.0781. The van der Waals surface area contributed by atoms with Crippen molar-refractivity contribution in [1.82, 2.24) is 4.31 Å². The number of nitrogens with two attached hydrogens (primary N) is 1. The molecule has 0 bridgehead atoms. The van der Waals surface area contributed by atoms with Crippen LogP contribution in [0.2, 0.25) is 0 Å². The van der Waals surface area contributed by atoms with Crippen LogP contribution in [0.4, 0.5) is 0 Å². The molecule has 1 saturated carbocycles. The van der Waals surface area contributed by atoms with Crippen LogP contribution in [0.1, 0.15) is 33.1 Å². The second-order valence-electron chi connectivity index (χ2n) is 6.15. The molecule has 2 aliphatic rings. The second kappa shape index (κ2) is 6.08. The van der Waals surface area contributed by atoms with E-state index in [0.29, 0.717) is 24.9 Å².